The quantitative estimate of drug-likeness (QED) is 0.164. The van der Waals surface area contributed by atoms with E-state index in [-0.39, 0.29) is 0 Å². The predicted octanol–water partition coefficient (Wildman–Crippen LogP) is 14.9. The minimum absolute atomic E-state index is 1.24. The van der Waals surface area contributed by atoms with Gasteiger partial charge in [0.25, 0.3) is 0 Å². The van der Waals surface area contributed by atoms with Gasteiger partial charge in [-0.15, -0.1) is 22.7 Å². The molecule has 0 amide bonds. The average molecular weight is 669 g/mol. The lowest BCUT2D eigenvalue weighted by Gasteiger charge is -2.18. The van der Waals surface area contributed by atoms with E-state index in [0.29, 0.717) is 0 Å². The molecule has 0 atom stereocenters. The first-order chi connectivity index (χ1) is 24.8. The molecule has 0 aliphatic rings. The maximum atomic E-state index is 2.48. The highest BCUT2D eigenvalue weighted by molar-refractivity contribution is 7.26. The normalized spacial score (nSPS) is 12.0. The number of hydrogen-bond donors (Lipinski definition) is 0. The molecule has 0 unspecified atom stereocenters. The van der Waals surface area contributed by atoms with Gasteiger partial charge in [0.2, 0.25) is 0 Å². The van der Waals surface area contributed by atoms with Gasteiger partial charge in [-0.3, -0.25) is 0 Å². The van der Waals surface area contributed by atoms with Crippen LogP contribution in [0.25, 0.3) is 106 Å². The Balaban J connectivity index is 1.28. The van der Waals surface area contributed by atoms with Crippen LogP contribution in [0, 0.1) is 0 Å². The summed E-state index contributed by atoms with van der Waals surface area (Å²) in [6.07, 6.45) is 0. The standard InChI is InChI=1S/C48H28S2/c1-2-12-30-27-31(26-25-29(30)11-1)46-36-17-7-15-32(38-19-9-21-40-34-13-3-5-23-44(34)49-47(38)40)42(36)28-43-33(16-8-18-37(43)46)39-20-10-22-41-35-14-4-6-24-45(35)50-48(39)41/h1-28H. The summed E-state index contributed by atoms with van der Waals surface area (Å²) in [4.78, 5) is 0. The molecule has 9 aromatic carbocycles. The minimum atomic E-state index is 1.24. The summed E-state index contributed by atoms with van der Waals surface area (Å²) in [5.74, 6) is 0. The van der Waals surface area contributed by atoms with Crippen LogP contribution in [0.15, 0.2) is 170 Å². The summed E-state index contributed by atoms with van der Waals surface area (Å²) < 4.78 is 5.35. The van der Waals surface area contributed by atoms with Crippen molar-refractivity contribution in [3.05, 3.63) is 170 Å². The Bertz CT molecular complexity index is 2980. The van der Waals surface area contributed by atoms with Crippen molar-refractivity contribution in [3.63, 3.8) is 0 Å². The first kappa shape index (κ1) is 28.1. The van der Waals surface area contributed by atoms with Crippen molar-refractivity contribution in [2.75, 3.05) is 0 Å². The van der Waals surface area contributed by atoms with Gasteiger partial charge in [-0.25, -0.2) is 0 Å². The summed E-state index contributed by atoms with van der Waals surface area (Å²) >= 11 is 3.80. The lowest BCUT2D eigenvalue weighted by molar-refractivity contribution is 1.68. The van der Waals surface area contributed by atoms with Gasteiger partial charge >= 0.3 is 0 Å². The van der Waals surface area contributed by atoms with Crippen molar-refractivity contribution in [1.29, 1.82) is 0 Å². The fraction of sp³-hybridized carbons (Fsp3) is 0. The number of thiophene rings is 2. The van der Waals surface area contributed by atoms with Gasteiger partial charge < -0.3 is 0 Å². The first-order valence-electron chi connectivity index (χ1n) is 17.1. The van der Waals surface area contributed by atoms with Crippen LogP contribution in [-0.2, 0) is 0 Å². The fourth-order valence-electron chi connectivity index (χ4n) is 8.21. The Morgan fingerprint density at radius 2 is 0.740 bits per heavy atom. The van der Waals surface area contributed by atoms with Gasteiger partial charge in [-0.05, 0) is 78.8 Å². The van der Waals surface area contributed by atoms with E-state index in [1.807, 2.05) is 22.7 Å². The smallest absolute Gasteiger partial charge is 0.0434 e. The van der Waals surface area contributed by atoms with E-state index in [4.69, 9.17) is 0 Å². The van der Waals surface area contributed by atoms with E-state index in [9.17, 15) is 0 Å². The summed E-state index contributed by atoms with van der Waals surface area (Å²) in [5.41, 5.74) is 7.68. The minimum Gasteiger partial charge on any atom is -0.135 e. The zero-order valence-electron chi connectivity index (χ0n) is 27.0. The largest absolute Gasteiger partial charge is 0.135 e. The van der Waals surface area contributed by atoms with Crippen molar-refractivity contribution < 1.29 is 0 Å². The van der Waals surface area contributed by atoms with E-state index >= 15 is 0 Å². The van der Waals surface area contributed by atoms with Crippen LogP contribution >= 0.6 is 22.7 Å². The zero-order chi connectivity index (χ0) is 32.8. The maximum Gasteiger partial charge on any atom is 0.0434 e. The highest BCUT2D eigenvalue weighted by Crippen LogP contribution is 2.48. The number of fused-ring (bicyclic) bond motifs is 9. The molecule has 0 radical (unpaired) electrons. The van der Waals surface area contributed by atoms with Crippen LogP contribution in [0.4, 0.5) is 0 Å². The topological polar surface area (TPSA) is 0 Å². The molecule has 232 valence electrons. The first-order valence-corrected chi connectivity index (χ1v) is 18.7. The molecule has 50 heavy (non-hydrogen) atoms. The van der Waals surface area contributed by atoms with Crippen molar-refractivity contribution >= 4 is 95.3 Å². The van der Waals surface area contributed by atoms with Crippen LogP contribution in [0.5, 0.6) is 0 Å². The third-order valence-corrected chi connectivity index (χ3v) is 12.9. The van der Waals surface area contributed by atoms with Gasteiger partial charge in [-0.1, -0.05) is 146 Å². The summed E-state index contributed by atoms with van der Waals surface area (Å²) in [7, 11) is 0. The van der Waals surface area contributed by atoms with E-state index in [2.05, 4.69) is 170 Å². The van der Waals surface area contributed by atoms with Crippen LogP contribution in [0.2, 0.25) is 0 Å². The molecule has 0 saturated heterocycles. The molecule has 0 fully saturated rings. The highest BCUT2D eigenvalue weighted by Gasteiger charge is 2.19. The average Bonchev–Trinajstić information content (AvgIpc) is 3.75. The van der Waals surface area contributed by atoms with Gasteiger partial charge in [0.15, 0.2) is 0 Å². The molecule has 0 aliphatic heterocycles. The lowest BCUT2D eigenvalue weighted by atomic mass is 9.85. The van der Waals surface area contributed by atoms with E-state index < -0.39 is 0 Å². The molecular weight excluding hydrogens is 641 g/mol. The number of benzene rings is 9. The van der Waals surface area contributed by atoms with Crippen molar-refractivity contribution in [3.8, 4) is 33.4 Å². The Morgan fingerprint density at radius 1 is 0.280 bits per heavy atom. The Kier molecular flexibility index (Phi) is 6.09. The number of rotatable bonds is 3. The summed E-state index contributed by atoms with van der Waals surface area (Å²) in [6.45, 7) is 0. The van der Waals surface area contributed by atoms with Crippen LogP contribution in [0.3, 0.4) is 0 Å². The summed E-state index contributed by atoms with van der Waals surface area (Å²) in [6, 6.07) is 63.2. The van der Waals surface area contributed by atoms with E-state index in [1.54, 1.807) is 0 Å². The monoisotopic (exact) mass is 668 g/mol. The van der Waals surface area contributed by atoms with Crippen molar-refractivity contribution in [1.82, 2.24) is 0 Å². The Morgan fingerprint density at radius 3 is 1.32 bits per heavy atom. The Labute approximate surface area is 297 Å². The third-order valence-electron chi connectivity index (χ3n) is 10.5. The molecule has 2 heteroatoms. The van der Waals surface area contributed by atoms with Gasteiger partial charge in [0.05, 0.1) is 0 Å². The molecule has 0 saturated carbocycles. The van der Waals surface area contributed by atoms with Gasteiger partial charge in [0.1, 0.15) is 0 Å². The third kappa shape index (κ3) is 4.10. The molecule has 2 heterocycles. The second-order valence-corrected chi connectivity index (χ2v) is 15.3. The molecule has 2 aromatic heterocycles. The molecule has 0 spiro atoms. The second kappa shape index (κ2) is 10.9. The maximum absolute atomic E-state index is 2.48. The lowest BCUT2D eigenvalue weighted by Crippen LogP contribution is -1.91. The Hall–Kier alpha value is -5.80. The van der Waals surface area contributed by atoms with Crippen LogP contribution in [-0.4, -0.2) is 0 Å². The zero-order valence-corrected chi connectivity index (χ0v) is 28.6. The van der Waals surface area contributed by atoms with Crippen LogP contribution < -0.4 is 0 Å². The molecule has 11 rings (SSSR count). The molecular formula is C48H28S2. The molecule has 0 nitrogen and oxygen atoms in total. The molecule has 0 aliphatic carbocycles. The number of hydrogen-bond acceptors (Lipinski definition) is 2. The molecule has 0 N–H and O–H groups in total. The van der Waals surface area contributed by atoms with E-state index in [0.717, 1.165) is 0 Å². The molecule has 11 aromatic rings. The van der Waals surface area contributed by atoms with Crippen LogP contribution in [0.1, 0.15) is 0 Å². The van der Waals surface area contributed by atoms with Gasteiger partial charge in [-0.2, -0.15) is 0 Å². The SMILES string of the molecule is c1ccc2cc(-c3c4cccc(-c5cccc6c5sc5ccccc56)c4cc4c(-c5cccc6c5sc5ccccc56)cccc34)ccc2c1. The van der Waals surface area contributed by atoms with Crippen molar-refractivity contribution in [2.45, 2.75) is 0 Å². The fourth-order valence-corrected chi connectivity index (χ4v) is 10.7. The van der Waals surface area contributed by atoms with E-state index in [1.165, 1.54) is 106 Å². The predicted molar refractivity (Wildman–Crippen MR) is 221 cm³/mol. The highest BCUT2D eigenvalue weighted by atomic mass is 32.1. The van der Waals surface area contributed by atoms with Gasteiger partial charge in [0, 0.05) is 51.5 Å². The van der Waals surface area contributed by atoms with Crippen molar-refractivity contribution in [2.24, 2.45) is 0 Å². The molecule has 0 bridgehead atoms. The second-order valence-electron chi connectivity index (χ2n) is 13.2. The summed E-state index contributed by atoms with van der Waals surface area (Å²) in [5, 5.41) is 12.9.